The number of likely N-dealkylation sites (N-methyl/N-ethyl adjacent to an activating group) is 1. The van der Waals surface area contributed by atoms with E-state index in [4.69, 9.17) is 4.74 Å². The van der Waals surface area contributed by atoms with E-state index in [0.717, 1.165) is 31.8 Å². The molecule has 0 aliphatic rings. The van der Waals surface area contributed by atoms with Crippen LogP contribution in [0.2, 0.25) is 0 Å². The van der Waals surface area contributed by atoms with E-state index < -0.39 is 0 Å². The van der Waals surface area contributed by atoms with Crippen LogP contribution in [0.5, 0.6) is 5.75 Å². The predicted octanol–water partition coefficient (Wildman–Crippen LogP) is 2.29. The number of hydrogen-bond acceptors (Lipinski definition) is 4. The highest BCUT2D eigenvalue weighted by atomic mass is 16.5. The zero-order chi connectivity index (χ0) is 15.0. The minimum Gasteiger partial charge on any atom is -0.493 e. The molecule has 20 heavy (non-hydrogen) atoms. The van der Waals surface area contributed by atoms with Gasteiger partial charge in [0.1, 0.15) is 0 Å². The van der Waals surface area contributed by atoms with E-state index in [1.807, 2.05) is 6.20 Å². The van der Waals surface area contributed by atoms with Gasteiger partial charge in [-0.2, -0.15) is 5.10 Å². The number of nitrogens with one attached hydrogen (secondary N) is 1. The van der Waals surface area contributed by atoms with Crippen molar-refractivity contribution in [3.63, 3.8) is 0 Å². The Morgan fingerprint density at radius 2 is 2.15 bits per heavy atom. The lowest BCUT2D eigenvalue weighted by Crippen LogP contribution is -2.26. The Bertz CT molecular complexity index is 376. The molecule has 0 radical (unpaired) electrons. The lowest BCUT2D eigenvalue weighted by atomic mass is 10.1. The van der Waals surface area contributed by atoms with E-state index in [1.165, 1.54) is 18.5 Å². The number of hydrogen-bond donors (Lipinski definition) is 1. The summed E-state index contributed by atoms with van der Waals surface area (Å²) in [6.07, 6.45) is 5.37. The molecule has 1 rings (SSSR count). The van der Waals surface area contributed by atoms with Gasteiger partial charge >= 0.3 is 0 Å². The largest absolute Gasteiger partial charge is 0.493 e. The van der Waals surface area contributed by atoms with Gasteiger partial charge in [-0.1, -0.05) is 26.7 Å². The van der Waals surface area contributed by atoms with E-state index in [9.17, 15) is 0 Å². The van der Waals surface area contributed by atoms with Gasteiger partial charge in [-0.05, 0) is 27.1 Å². The summed E-state index contributed by atoms with van der Waals surface area (Å²) in [4.78, 5) is 2.17. The Morgan fingerprint density at radius 1 is 1.40 bits per heavy atom. The van der Waals surface area contributed by atoms with Crippen LogP contribution in [-0.4, -0.2) is 49.0 Å². The standard InChI is InChI=1S/C15H30N4O/c1-6-8-9-13(16-7-2)15-14(20-5)12-17-19(15)11-10-18(3)4/h12-13,16H,6-11H2,1-5H3. The van der Waals surface area contributed by atoms with Gasteiger partial charge in [-0.3, -0.25) is 4.68 Å². The normalized spacial score (nSPS) is 12.9. The van der Waals surface area contributed by atoms with Gasteiger partial charge in [-0.15, -0.1) is 0 Å². The molecule has 0 saturated carbocycles. The molecule has 1 unspecified atom stereocenters. The molecule has 0 aromatic carbocycles. The fourth-order valence-corrected chi connectivity index (χ4v) is 2.35. The van der Waals surface area contributed by atoms with Crippen molar-refractivity contribution in [1.82, 2.24) is 20.0 Å². The van der Waals surface area contributed by atoms with Gasteiger partial charge in [0.25, 0.3) is 0 Å². The van der Waals surface area contributed by atoms with E-state index in [2.05, 4.69) is 47.9 Å². The fourth-order valence-electron chi connectivity index (χ4n) is 2.35. The van der Waals surface area contributed by atoms with Gasteiger partial charge in [0.2, 0.25) is 0 Å². The second-order valence-electron chi connectivity index (χ2n) is 5.38. The average molecular weight is 282 g/mol. The lowest BCUT2D eigenvalue weighted by Gasteiger charge is -2.21. The third-order valence-corrected chi connectivity index (χ3v) is 3.45. The topological polar surface area (TPSA) is 42.3 Å². The molecule has 116 valence electrons. The van der Waals surface area contributed by atoms with E-state index in [1.54, 1.807) is 7.11 Å². The molecule has 1 heterocycles. The van der Waals surface area contributed by atoms with Crippen LogP contribution in [-0.2, 0) is 6.54 Å². The van der Waals surface area contributed by atoms with Crippen LogP contribution in [0.4, 0.5) is 0 Å². The van der Waals surface area contributed by atoms with Crippen LogP contribution in [0.1, 0.15) is 44.8 Å². The molecule has 0 saturated heterocycles. The van der Waals surface area contributed by atoms with Gasteiger partial charge in [0.05, 0.1) is 31.6 Å². The van der Waals surface area contributed by atoms with Crippen molar-refractivity contribution in [2.75, 3.05) is 34.3 Å². The maximum Gasteiger partial charge on any atom is 0.161 e. The van der Waals surface area contributed by atoms with Crippen molar-refractivity contribution in [3.05, 3.63) is 11.9 Å². The predicted molar refractivity (Wildman–Crippen MR) is 83.3 cm³/mol. The molecule has 1 aromatic rings. The van der Waals surface area contributed by atoms with Crippen molar-refractivity contribution in [2.45, 2.75) is 45.7 Å². The number of rotatable bonds is 10. The molecular weight excluding hydrogens is 252 g/mol. The SMILES string of the molecule is CCCCC(NCC)c1c(OC)cnn1CCN(C)C. The summed E-state index contributed by atoms with van der Waals surface area (Å²) in [6, 6.07) is 0.319. The lowest BCUT2D eigenvalue weighted by molar-refractivity contribution is 0.350. The third kappa shape index (κ3) is 4.80. The number of aromatic nitrogens is 2. The van der Waals surface area contributed by atoms with Crippen LogP contribution < -0.4 is 10.1 Å². The van der Waals surface area contributed by atoms with E-state index in [-0.39, 0.29) is 0 Å². The molecule has 5 nitrogen and oxygen atoms in total. The number of methoxy groups -OCH3 is 1. The van der Waals surface area contributed by atoms with Crippen molar-refractivity contribution in [2.24, 2.45) is 0 Å². The Hall–Kier alpha value is -1.07. The summed E-state index contributed by atoms with van der Waals surface area (Å²) < 4.78 is 7.59. The van der Waals surface area contributed by atoms with Crippen LogP contribution in [0, 0.1) is 0 Å². The molecule has 0 spiro atoms. The number of ether oxygens (including phenoxy) is 1. The maximum atomic E-state index is 5.50. The zero-order valence-electron chi connectivity index (χ0n) is 13.6. The molecule has 0 fully saturated rings. The van der Waals surface area contributed by atoms with Crippen LogP contribution in [0.25, 0.3) is 0 Å². The van der Waals surface area contributed by atoms with Crippen molar-refractivity contribution < 1.29 is 4.74 Å². The Labute approximate surface area is 123 Å². The molecule has 0 amide bonds. The van der Waals surface area contributed by atoms with Crippen molar-refractivity contribution in [1.29, 1.82) is 0 Å². The highest BCUT2D eigenvalue weighted by Crippen LogP contribution is 2.28. The van der Waals surface area contributed by atoms with Gasteiger partial charge in [-0.25, -0.2) is 0 Å². The number of nitrogens with zero attached hydrogens (tertiary/aromatic N) is 3. The van der Waals surface area contributed by atoms with Gasteiger partial charge < -0.3 is 15.0 Å². The first-order valence-electron chi connectivity index (χ1n) is 7.61. The first kappa shape index (κ1) is 17.0. The smallest absolute Gasteiger partial charge is 0.161 e. The summed E-state index contributed by atoms with van der Waals surface area (Å²) in [6.45, 7) is 7.19. The molecule has 0 aliphatic heterocycles. The second kappa shape index (κ2) is 8.97. The molecular formula is C15H30N4O. The molecule has 0 aliphatic carbocycles. The summed E-state index contributed by atoms with van der Waals surface area (Å²) >= 11 is 0. The summed E-state index contributed by atoms with van der Waals surface area (Å²) in [5.74, 6) is 0.894. The first-order chi connectivity index (χ1) is 9.63. The monoisotopic (exact) mass is 282 g/mol. The minimum atomic E-state index is 0.319. The molecule has 1 N–H and O–H groups in total. The van der Waals surface area contributed by atoms with Crippen LogP contribution in [0.3, 0.4) is 0 Å². The summed E-state index contributed by atoms with van der Waals surface area (Å²) in [5.41, 5.74) is 1.18. The summed E-state index contributed by atoms with van der Waals surface area (Å²) in [5, 5.41) is 8.06. The first-order valence-corrected chi connectivity index (χ1v) is 7.61. The molecule has 5 heteroatoms. The molecule has 1 atom stereocenters. The average Bonchev–Trinajstić information content (AvgIpc) is 2.84. The van der Waals surface area contributed by atoms with Crippen LogP contribution in [0.15, 0.2) is 6.20 Å². The summed E-state index contributed by atoms with van der Waals surface area (Å²) in [7, 11) is 5.89. The maximum absolute atomic E-state index is 5.50. The van der Waals surface area contributed by atoms with Gasteiger partial charge in [0, 0.05) is 6.54 Å². The van der Waals surface area contributed by atoms with E-state index in [0.29, 0.717) is 6.04 Å². The Kier molecular flexibility index (Phi) is 7.62. The van der Waals surface area contributed by atoms with Crippen LogP contribution >= 0.6 is 0 Å². The van der Waals surface area contributed by atoms with Gasteiger partial charge in [0.15, 0.2) is 5.75 Å². The second-order valence-corrected chi connectivity index (χ2v) is 5.38. The number of unbranched alkanes of at least 4 members (excludes halogenated alkanes) is 1. The van der Waals surface area contributed by atoms with Crippen molar-refractivity contribution in [3.8, 4) is 5.75 Å². The van der Waals surface area contributed by atoms with Crippen molar-refractivity contribution >= 4 is 0 Å². The highest BCUT2D eigenvalue weighted by Gasteiger charge is 2.20. The molecule has 0 bridgehead atoms. The quantitative estimate of drug-likeness (QED) is 0.715. The zero-order valence-corrected chi connectivity index (χ0v) is 13.6. The molecule has 1 aromatic heterocycles. The Balaban J connectivity index is 2.93. The highest BCUT2D eigenvalue weighted by molar-refractivity contribution is 5.28. The fraction of sp³-hybridized carbons (Fsp3) is 0.800. The Morgan fingerprint density at radius 3 is 2.70 bits per heavy atom. The third-order valence-electron chi connectivity index (χ3n) is 3.45. The van der Waals surface area contributed by atoms with E-state index >= 15 is 0 Å². The minimum absolute atomic E-state index is 0.319.